The van der Waals surface area contributed by atoms with Crippen LogP contribution < -0.4 is 0 Å². The van der Waals surface area contributed by atoms with E-state index in [4.69, 9.17) is 4.74 Å². The lowest BCUT2D eigenvalue weighted by atomic mass is 10.1. The molecule has 1 heterocycles. The first-order valence-electron chi connectivity index (χ1n) is 6.46. The minimum Gasteiger partial charge on any atom is -0.392 e. The summed E-state index contributed by atoms with van der Waals surface area (Å²) in [6, 6.07) is 6.44. The van der Waals surface area contributed by atoms with Crippen LogP contribution in [0, 0.1) is 5.82 Å². The minimum atomic E-state index is -0.281. The maximum absolute atomic E-state index is 12.9. The van der Waals surface area contributed by atoms with E-state index in [0.29, 0.717) is 13.2 Å². The molecule has 1 aromatic rings. The first-order valence-corrected chi connectivity index (χ1v) is 6.46. The smallest absolute Gasteiger partial charge is 0.123 e. The van der Waals surface area contributed by atoms with Gasteiger partial charge >= 0.3 is 0 Å². The number of morpholine rings is 1. The Balaban J connectivity index is 1.96. The molecule has 1 N–H and O–H groups in total. The summed E-state index contributed by atoms with van der Waals surface area (Å²) in [5.41, 5.74) is 0.993. The van der Waals surface area contributed by atoms with Gasteiger partial charge < -0.3 is 9.84 Å². The summed E-state index contributed by atoms with van der Waals surface area (Å²) in [4.78, 5) is 2.20. The number of halogens is 1. The summed E-state index contributed by atoms with van der Waals surface area (Å²) < 4.78 is 18.6. The van der Waals surface area contributed by atoms with Gasteiger partial charge in [0.15, 0.2) is 0 Å². The van der Waals surface area contributed by atoms with E-state index in [9.17, 15) is 9.50 Å². The first-order chi connectivity index (χ1) is 8.69. The van der Waals surface area contributed by atoms with E-state index in [1.807, 2.05) is 6.92 Å². The van der Waals surface area contributed by atoms with E-state index in [2.05, 4.69) is 4.90 Å². The number of aliphatic hydroxyl groups is 1. The summed E-state index contributed by atoms with van der Waals surface area (Å²) in [6.45, 7) is 4.90. The second-order valence-electron chi connectivity index (χ2n) is 4.73. The topological polar surface area (TPSA) is 32.7 Å². The number of hydrogen-bond donors (Lipinski definition) is 1. The highest BCUT2D eigenvalue weighted by Gasteiger charge is 2.23. The van der Waals surface area contributed by atoms with E-state index in [1.54, 1.807) is 12.1 Å². The number of nitrogens with zero attached hydrogens (tertiary/aromatic N) is 1. The van der Waals surface area contributed by atoms with Crippen molar-refractivity contribution < 1.29 is 14.2 Å². The minimum absolute atomic E-state index is 0.0246. The number of rotatable bonds is 4. The van der Waals surface area contributed by atoms with Gasteiger partial charge in [0, 0.05) is 19.6 Å². The molecule has 1 saturated heterocycles. The zero-order valence-corrected chi connectivity index (χ0v) is 10.7. The molecule has 0 amide bonds. The Kier molecular flexibility index (Phi) is 4.69. The molecule has 1 aromatic carbocycles. The van der Waals surface area contributed by atoms with Gasteiger partial charge in [0.05, 0.1) is 18.8 Å². The zero-order chi connectivity index (χ0) is 13.0. The number of β-amino-alcohol motifs (C(OH)–C–C–N with tert-alkyl or cyclic N) is 1. The number of ether oxygens (including phenoxy) is 1. The lowest BCUT2D eigenvalue weighted by molar-refractivity contribution is -0.0423. The number of hydrogen-bond acceptors (Lipinski definition) is 3. The van der Waals surface area contributed by atoms with Crippen molar-refractivity contribution in [2.45, 2.75) is 25.6 Å². The summed E-state index contributed by atoms with van der Waals surface area (Å²) in [6.07, 6.45) is 0.457. The highest BCUT2D eigenvalue weighted by molar-refractivity contribution is 5.19. The molecule has 100 valence electrons. The van der Waals surface area contributed by atoms with E-state index in [0.717, 1.165) is 25.1 Å². The molecule has 4 heteroatoms. The molecule has 0 spiro atoms. The Bertz CT molecular complexity index is 369. The maximum Gasteiger partial charge on any atom is 0.123 e. The zero-order valence-electron chi connectivity index (χ0n) is 10.7. The average molecular weight is 253 g/mol. The standard InChI is InChI=1S/C14H20FNO2/c1-2-13(17)9-16-7-8-18-14(10-16)11-3-5-12(15)6-4-11/h3-6,13-14,17H,2,7-10H2,1H3. The molecule has 2 unspecified atom stereocenters. The molecular formula is C14H20FNO2. The monoisotopic (exact) mass is 253 g/mol. The van der Waals surface area contributed by atoms with Gasteiger partial charge in [-0.25, -0.2) is 4.39 Å². The fourth-order valence-electron chi connectivity index (χ4n) is 2.17. The van der Waals surface area contributed by atoms with Gasteiger partial charge in [-0.1, -0.05) is 19.1 Å². The van der Waals surface area contributed by atoms with Gasteiger partial charge in [-0.05, 0) is 24.1 Å². The van der Waals surface area contributed by atoms with Gasteiger partial charge in [0.2, 0.25) is 0 Å². The van der Waals surface area contributed by atoms with Gasteiger partial charge in [-0.3, -0.25) is 4.90 Å². The molecule has 0 bridgehead atoms. The fraction of sp³-hybridized carbons (Fsp3) is 0.571. The van der Waals surface area contributed by atoms with Crippen molar-refractivity contribution in [3.05, 3.63) is 35.6 Å². The van der Waals surface area contributed by atoms with Crippen LogP contribution in [0.25, 0.3) is 0 Å². The largest absolute Gasteiger partial charge is 0.392 e. The van der Waals surface area contributed by atoms with Crippen LogP contribution in [0.3, 0.4) is 0 Å². The second-order valence-corrected chi connectivity index (χ2v) is 4.73. The van der Waals surface area contributed by atoms with Crippen LogP contribution in [0.15, 0.2) is 24.3 Å². The first kappa shape index (κ1) is 13.5. The molecule has 1 aliphatic heterocycles. The summed E-state index contributed by atoms with van der Waals surface area (Å²) in [5, 5.41) is 9.67. The van der Waals surface area contributed by atoms with Gasteiger partial charge in [0.1, 0.15) is 5.82 Å². The van der Waals surface area contributed by atoms with Crippen LogP contribution in [0.1, 0.15) is 25.0 Å². The molecular weight excluding hydrogens is 233 g/mol. The van der Waals surface area contributed by atoms with Crippen LogP contribution in [0.4, 0.5) is 4.39 Å². The molecule has 0 aliphatic carbocycles. The van der Waals surface area contributed by atoms with Crippen LogP contribution in [0.5, 0.6) is 0 Å². The van der Waals surface area contributed by atoms with E-state index in [-0.39, 0.29) is 18.0 Å². The molecule has 0 aromatic heterocycles. The van der Waals surface area contributed by atoms with Crippen molar-refractivity contribution in [3.63, 3.8) is 0 Å². The molecule has 3 nitrogen and oxygen atoms in total. The quantitative estimate of drug-likeness (QED) is 0.890. The molecule has 0 radical (unpaired) electrons. The Hall–Kier alpha value is -0.970. The summed E-state index contributed by atoms with van der Waals surface area (Å²) >= 11 is 0. The van der Waals surface area contributed by atoms with Crippen LogP contribution in [0.2, 0.25) is 0 Å². The Labute approximate surface area is 107 Å². The Morgan fingerprint density at radius 1 is 1.44 bits per heavy atom. The van der Waals surface area contributed by atoms with E-state index in [1.165, 1.54) is 12.1 Å². The fourth-order valence-corrected chi connectivity index (χ4v) is 2.17. The van der Waals surface area contributed by atoms with Gasteiger partial charge in [-0.15, -0.1) is 0 Å². The second kappa shape index (κ2) is 6.27. The molecule has 18 heavy (non-hydrogen) atoms. The number of aliphatic hydroxyl groups excluding tert-OH is 1. The van der Waals surface area contributed by atoms with Crippen molar-refractivity contribution >= 4 is 0 Å². The summed E-state index contributed by atoms with van der Waals surface area (Å²) in [7, 11) is 0. The van der Waals surface area contributed by atoms with Gasteiger partial charge in [0.25, 0.3) is 0 Å². The van der Waals surface area contributed by atoms with Crippen LogP contribution in [-0.2, 0) is 4.74 Å². The number of benzene rings is 1. The van der Waals surface area contributed by atoms with E-state index < -0.39 is 0 Å². The van der Waals surface area contributed by atoms with E-state index >= 15 is 0 Å². The molecule has 2 rings (SSSR count). The lowest BCUT2D eigenvalue weighted by Crippen LogP contribution is -2.42. The third-order valence-electron chi connectivity index (χ3n) is 3.33. The van der Waals surface area contributed by atoms with Crippen molar-refractivity contribution in [2.75, 3.05) is 26.2 Å². The Morgan fingerprint density at radius 2 is 2.17 bits per heavy atom. The average Bonchev–Trinajstić information content (AvgIpc) is 2.40. The third kappa shape index (κ3) is 3.51. The van der Waals surface area contributed by atoms with Crippen molar-refractivity contribution in [3.8, 4) is 0 Å². The summed E-state index contributed by atoms with van der Waals surface area (Å²) in [5.74, 6) is -0.229. The molecule has 1 aliphatic rings. The predicted molar refractivity (Wildman–Crippen MR) is 67.8 cm³/mol. The van der Waals surface area contributed by atoms with Crippen molar-refractivity contribution in [2.24, 2.45) is 0 Å². The Morgan fingerprint density at radius 3 is 2.83 bits per heavy atom. The lowest BCUT2D eigenvalue weighted by Gasteiger charge is -2.34. The van der Waals surface area contributed by atoms with Gasteiger partial charge in [-0.2, -0.15) is 0 Å². The molecule has 2 atom stereocenters. The third-order valence-corrected chi connectivity index (χ3v) is 3.33. The SMILES string of the molecule is CCC(O)CN1CCOC(c2ccc(F)cc2)C1. The molecule has 0 saturated carbocycles. The van der Waals surface area contributed by atoms with Crippen LogP contribution in [-0.4, -0.2) is 42.4 Å². The highest BCUT2D eigenvalue weighted by atomic mass is 19.1. The van der Waals surface area contributed by atoms with Crippen LogP contribution >= 0.6 is 0 Å². The predicted octanol–water partition coefficient (Wildman–Crippen LogP) is 1.97. The molecule has 1 fully saturated rings. The maximum atomic E-state index is 12.9. The van der Waals surface area contributed by atoms with Crippen molar-refractivity contribution in [1.29, 1.82) is 0 Å². The normalized spacial score (nSPS) is 22.9. The van der Waals surface area contributed by atoms with Crippen molar-refractivity contribution in [1.82, 2.24) is 4.90 Å². The highest BCUT2D eigenvalue weighted by Crippen LogP contribution is 2.22.